The summed E-state index contributed by atoms with van der Waals surface area (Å²) in [6.07, 6.45) is 0.888. The van der Waals surface area contributed by atoms with Gasteiger partial charge >= 0.3 is 11.7 Å². The van der Waals surface area contributed by atoms with Gasteiger partial charge in [0, 0.05) is 25.1 Å². The first kappa shape index (κ1) is 15.5. The molecule has 116 valence electrons. The van der Waals surface area contributed by atoms with Gasteiger partial charge in [-0.25, -0.2) is 4.79 Å². The van der Waals surface area contributed by atoms with Crippen LogP contribution in [0.1, 0.15) is 25.1 Å². The Kier molecular flexibility index (Phi) is 4.92. The highest BCUT2D eigenvalue weighted by Crippen LogP contribution is 2.18. The number of aromatic nitrogens is 2. The zero-order chi connectivity index (χ0) is 15.4. The van der Waals surface area contributed by atoms with Crippen LogP contribution in [0.15, 0.2) is 15.8 Å². The van der Waals surface area contributed by atoms with Crippen molar-refractivity contribution in [3.63, 3.8) is 0 Å². The zero-order valence-corrected chi connectivity index (χ0v) is 12.0. The van der Waals surface area contributed by atoms with E-state index in [0.29, 0.717) is 18.6 Å². The van der Waals surface area contributed by atoms with Gasteiger partial charge in [0.2, 0.25) is 0 Å². The van der Waals surface area contributed by atoms with Crippen molar-refractivity contribution in [1.82, 2.24) is 9.55 Å². The third-order valence-corrected chi connectivity index (χ3v) is 3.09. The van der Waals surface area contributed by atoms with Gasteiger partial charge in [-0.1, -0.05) is 0 Å². The molecule has 1 N–H and O–H groups in total. The first-order chi connectivity index (χ1) is 9.97. The van der Waals surface area contributed by atoms with E-state index in [1.165, 1.54) is 17.7 Å². The van der Waals surface area contributed by atoms with E-state index in [9.17, 15) is 14.4 Å². The molecule has 1 aromatic heterocycles. The summed E-state index contributed by atoms with van der Waals surface area (Å²) in [5.74, 6) is -0.406. The molecule has 2 heterocycles. The Morgan fingerprint density at radius 3 is 3.00 bits per heavy atom. The fraction of sp³-hybridized carbons (Fsp3) is 0.615. The fourth-order valence-electron chi connectivity index (χ4n) is 2.03. The van der Waals surface area contributed by atoms with Crippen LogP contribution < -0.4 is 11.2 Å². The van der Waals surface area contributed by atoms with Gasteiger partial charge in [0.15, 0.2) is 0 Å². The van der Waals surface area contributed by atoms with Crippen LogP contribution >= 0.6 is 0 Å². The predicted octanol–water partition coefficient (Wildman–Crippen LogP) is -0.288. The van der Waals surface area contributed by atoms with Crippen molar-refractivity contribution >= 4 is 5.97 Å². The molecule has 1 saturated heterocycles. The lowest BCUT2D eigenvalue weighted by molar-refractivity contribution is -0.149. The minimum atomic E-state index is -0.573. The summed E-state index contributed by atoms with van der Waals surface area (Å²) in [4.78, 5) is 36.4. The Morgan fingerprint density at radius 1 is 1.52 bits per heavy atom. The van der Waals surface area contributed by atoms with Crippen molar-refractivity contribution in [3.05, 3.63) is 32.6 Å². The van der Waals surface area contributed by atoms with Crippen molar-refractivity contribution in [2.45, 2.75) is 32.6 Å². The maximum Gasteiger partial charge on any atom is 0.330 e. The quantitative estimate of drug-likeness (QED) is 0.770. The second-order valence-electron chi connectivity index (χ2n) is 4.86. The summed E-state index contributed by atoms with van der Waals surface area (Å²) in [5, 5.41) is 0. The molecule has 8 nitrogen and oxygen atoms in total. The molecule has 2 atom stereocenters. The highest BCUT2D eigenvalue weighted by Gasteiger charge is 2.24. The van der Waals surface area contributed by atoms with Crippen molar-refractivity contribution in [2.24, 2.45) is 0 Å². The molecule has 1 aromatic rings. The van der Waals surface area contributed by atoms with E-state index in [2.05, 4.69) is 4.98 Å². The number of H-pyrrole nitrogens is 1. The van der Waals surface area contributed by atoms with E-state index >= 15 is 0 Å². The van der Waals surface area contributed by atoms with Gasteiger partial charge in [0.25, 0.3) is 5.56 Å². The fourth-order valence-corrected chi connectivity index (χ4v) is 2.03. The molecular formula is C13H18N2O6. The summed E-state index contributed by atoms with van der Waals surface area (Å²) < 4.78 is 17.4. The smallest absolute Gasteiger partial charge is 0.330 e. The van der Waals surface area contributed by atoms with Crippen molar-refractivity contribution < 1.29 is 19.0 Å². The second kappa shape index (κ2) is 6.68. The largest absolute Gasteiger partial charge is 0.463 e. The Bertz CT molecular complexity index is 620. The highest BCUT2D eigenvalue weighted by molar-refractivity contribution is 5.65. The van der Waals surface area contributed by atoms with Gasteiger partial charge in [-0.2, -0.15) is 0 Å². The number of hydrogen-bond donors (Lipinski definition) is 1. The van der Waals surface area contributed by atoms with Gasteiger partial charge < -0.3 is 14.2 Å². The highest BCUT2D eigenvalue weighted by atomic mass is 16.6. The summed E-state index contributed by atoms with van der Waals surface area (Å²) >= 11 is 0. The van der Waals surface area contributed by atoms with E-state index in [4.69, 9.17) is 14.2 Å². The monoisotopic (exact) mass is 298 g/mol. The van der Waals surface area contributed by atoms with Crippen molar-refractivity contribution in [2.75, 3.05) is 19.8 Å². The SMILES string of the molecule is CC(=O)OC[C@H]1COCC[C@H](n2cc(C)c(=O)[nH]c2=O)O1. The maximum atomic E-state index is 11.9. The molecule has 1 aliphatic rings. The number of ether oxygens (including phenoxy) is 3. The van der Waals surface area contributed by atoms with Gasteiger partial charge in [0.1, 0.15) is 18.9 Å². The Balaban J connectivity index is 2.18. The van der Waals surface area contributed by atoms with Crippen LogP contribution in [-0.2, 0) is 19.0 Å². The lowest BCUT2D eigenvalue weighted by Gasteiger charge is -2.22. The molecule has 0 aromatic carbocycles. The van der Waals surface area contributed by atoms with Crippen LogP contribution in [0.25, 0.3) is 0 Å². The van der Waals surface area contributed by atoms with Crippen molar-refractivity contribution in [1.29, 1.82) is 0 Å². The first-order valence-corrected chi connectivity index (χ1v) is 6.66. The van der Waals surface area contributed by atoms with E-state index in [1.807, 2.05) is 0 Å². The van der Waals surface area contributed by atoms with Crippen molar-refractivity contribution in [3.8, 4) is 0 Å². The van der Waals surface area contributed by atoms with Gasteiger partial charge in [-0.05, 0) is 6.92 Å². The Labute approximate surface area is 120 Å². The van der Waals surface area contributed by atoms with Crippen LogP contribution in [0.2, 0.25) is 0 Å². The van der Waals surface area contributed by atoms with Gasteiger partial charge in [-0.15, -0.1) is 0 Å². The lowest BCUT2D eigenvalue weighted by atomic mass is 10.3. The van der Waals surface area contributed by atoms with Crippen LogP contribution in [-0.4, -0.2) is 41.4 Å². The molecule has 0 aliphatic carbocycles. The summed E-state index contributed by atoms with van der Waals surface area (Å²) in [5.41, 5.74) is -0.541. The van der Waals surface area contributed by atoms with Crippen LogP contribution in [0.4, 0.5) is 0 Å². The second-order valence-corrected chi connectivity index (χ2v) is 4.86. The first-order valence-electron chi connectivity index (χ1n) is 6.66. The molecule has 8 heteroatoms. The minimum Gasteiger partial charge on any atom is -0.463 e. The van der Waals surface area contributed by atoms with E-state index in [-0.39, 0.29) is 13.2 Å². The Hall–Kier alpha value is -1.93. The zero-order valence-electron chi connectivity index (χ0n) is 12.0. The van der Waals surface area contributed by atoms with E-state index < -0.39 is 29.6 Å². The van der Waals surface area contributed by atoms with E-state index in [0.717, 1.165) is 0 Å². The molecule has 2 rings (SSSR count). The standard InChI is InChI=1S/C13H18N2O6/c1-8-5-15(13(18)14-12(8)17)11-3-4-19-6-10(21-11)7-20-9(2)16/h5,10-11H,3-4,6-7H2,1-2H3,(H,14,17,18)/t10-,11-/m1/s1. The number of aromatic amines is 1. The molecule has 0 bridgehead atoms. The van der Waals surface area contributed by atoms with Gasteiger partial charge in [-0.3, -0.25) is 19.1 Å². The Morgan fingerprint density at radius 2 is 2.29 bits per heavy atom. The van der Waals surface area contributed by atoms with Gasteiger partial charge in [0.05, 0.1) is 13.2 Å². The molecule has 0 spiro atoms. The number of nitrogens with one attached hydrogen (secondary N) is 1. The summed E-state index contributed by atoms with van der Waals surface area (Å²) in [6, 6.07) is 0. The summed E-state index contributed by atoms with van der Waals surface area (Å²) in [7, 11) is 0. The number of hydrogen-bond acceptors (Lipinski definition) is 6. The third kappa shape index (κ3) is 4.02. The number of carbonyl (C=O) groups is 1. The maximum absolute atomic E-state index is 11.9. The number of rotatable bonds is 3. The predicted molar refractivity (Wildman–Crippen MR) is 72.0 cm³/mol. The minimum absolute atomic E-state index is 0.0585. The lowest BCUT2D eigenvalue weighted by Crippen LogP contribution is -2.36. The molecule has 21 heavy (non-hydrogen) atoms. The number of esters is 1. The number of carbonyl (C=O) groups excluding carboxylic acids is 1. The normalized spacial score (nSPS) is 22.6. The average molecular weight is 298 g/mol. The number of aryl methyl sites for hydroxylation is 1. The third-order valence-electron chi connectivity index (χ3n) is 3.09. The molecule has 0 radical (unpaired) electrons. The topological polar surface area (TPSA) is 99.6 Å². The van der Waals surface area contributed by atoms with E-state index in [1.54, 1.807) is 6.92 Å². The molecule has 1 fully saturated rings. The van der Waals surface area contributed by atoms with Crippen LogP contribution in [0.3, 0.4) is 0 Å². The molecule has 1 aliphatic heterocycles. The molecule has 0 amide bonds. The number of nitrogens with zero attached hydrogens (tertiary/aromatic N) is 1. The van der Waals surface area contributed by atoms with Crippen LogP contribution in [0, 0.1) is 6.92 Å². The average Bonchev–Trinajstić information content (AvgIpc) is 2.66. The molecule has 0 saturated carbocycles. The molecular weight excluding hydrogens is 280 g/mol. The molecule has 0 unspecified atom stereocenters. The van der Waals surface area contributed by atoms with Crippen LogP contribution in [0.5, 0.6) is 0 Å². The summed E-state index contributed by atoms with van der Waals surface area (Å²) in [6.45, 7) is 3.67.